The van der Waals surface area contributed by atoms with Gasteiger partial charge in [-0.1, -0.05) is 68.7 Å². The standard InChI is InChI=1S/C21H24O2/c1-2-21(15-7-4-8-16-21)20(22)23-19-13-11-18(12-14-19)17-9-5-3-6-10-17/h3,5-6,9-14H,2,4,7-8,15-16H2,1H3. The summed E-state index contributed by atoms with van der Waals surface area (Å²) in [6.07, 6.45) is 6.30. The average Bonchev–Trinajstić information content (AvgIpc) is 2.63. The molecule has 0 amide bonds. The van der Waals surface area contributed by atoms with Gasteiger partial charge in [-0.05, 0) is 42.5 Å². The number of benzene rings is 2. The van der Waals surface area contributed by atoms with Gasteiger partial charge in [-0.2, -0.15) is 0 Å². The number of rotatable bonds is 4. The Morgan fingerprint density at radius 1 is 0.913 bits per heavy atom. The Bertz CT molecular complexity index is 637. The van der Waals surface area contributed by atoms with Crippen LogP contribution in [0.5, 0.6) is 5.75 Å². The molecule has 23 heavy (non-hydrogen) atoms. The molecule has 0 radical (unpaired) electrons. The van der Waals surface area contributed by atoms with Crippen molar-refractivity contribution in [3.8, 4) is 16.9 Å². The minimum Gasteiger partial charge on any atom is -0.426 e. The topological polar surface area (TPSA) is 26.3 Å². The third kappa shape index (κ3) is 3.47. The van der Waals surface area contributed by atoms with Gasteiger partial charge in [0.1, 0.15) is 5.75 Å². The van der Waals surface area contributed by atoms with Crippen LogP contribution in [0.1, 0.15) is 45.4 Å². The molecule has 2 aromatic rings. The maximum Gasteiger partial charge on any atom is 0.317 e. The molecule has 1 saturated carbocycles. The maximum absolute atomic E-state index is 12.7. The molecule has 0 bridgehead atoms. The summed E-state index contributed by atoms with van der Waals surface area (Å²) in [5.41, 5.74) is 2.03. The van der Waals surface area contributed by atoms with Crippen molar-refractivity contribution in [1.29, 1.82) is 0 Å². The van der Waals surface area contributed by atoms with E-state index in [9.17, 15) is 4.79 Å². The zero-order chi connectivity index (χ0) is 16.1. The van der Waals surface area contributed by atoms with Crippen LogP contribution in [0.15, 0.2) is 54.6 Å². The van der Waals surface area contributed by atoms with E-state index in [1.165, 1.54) is 12.0 Å². The Hall–Kier alpha value is -2.09. The summed E-state index contributed by atoms with van der Waals surface area (Å²) in [7, 11) is 0. The molecule has 2 heteroatoms. The van der Waals surface area contributed by atoms with E-state index in [0.29, 0.717) is 5.75 Å². The fourth-order valence-electron chi connectivity index (χ4n) is 3.49. The van der Waals surface area contributed by atoms with Crippen LogP contribution in [0.4, 0.5) is 0 Å². The fourth-order valence-corrected chi connectivity index (χ4v) is 3.49. The zero-order valence-corrected chi connectivity index (χ0v) is 13.8. The zero-order valence-electron chi connectivity index (χ0n) is 13.8. The van der Waals surface area contributed by atoms with Gasteiger partial charge in [-0.3, -0.25) is 4.79 Å². The molecular weight excluding hydrogens is 284 g/mol. The molecule has 2 aromatic carbocycles. The molecule has 0 N–H and O–H groups in total. The predicted octanol–water partition coefficient (Wildman–Crippen LogP) is 5.62. The Kier molecular flexibility index (Phi) is 4.80. The second-order valence-electron chi connectivity index (χ2n) is 6.47. The van der Waals surface area contributed by atoms with Crippen LogP contribution in [0, 0.1) is 5.41 Å². The van der Waals surface area contributed by atoms with Crippen molar-refractivity contribution in [2.45, 2.75) is 45.4 Å². The quantitative estimate of drug-likeness (QED) is 0.541. The molecule has 0 heterocycles. The third-order valence-corrected chi connectivity index (χ3v) is 5.09. The van der Waals surface area contributed by atoms with Crippen LogP contribution in [-0.2, 0) is 4.79 Å². The molecule has 120 valence electrons. The third-order valence-electron chi connectivity index (χ3n) is 5.09. The number of hydrogen-bond donors (Lipinski definition) is 0. The maximum atomic E-state index is 12.7. The van der Waals surface area contributed by atoms with Gasteiger partial charge in [0.15, 0.2) is 0 Å². The first kappa shape index (κ1) is 15.8. The Morgan fingerprint density at radius 3 is 2.13 bits per heavy atom. The lowest BCUT2D eigenvalue weighted by atomic mass is 9.72. The van der Waals surface area contributed by atoms with Gasteiger partial charge in [-0.15, -0.1) is 0 Å². The van der Waals surface area contributed by atoms with E-state index in [4.69, 9.17) is 4.74 Å². The van der Waals surface area contributed by atoms with Gasteiger partial charge in [0.2, 0.25) is 0 Å². The van der Waals surface area contributed by atoms with Crippen molar-refractivity contribution in [3.05, 3.63) is 54.6 Å². The highest BCUT2D eigenvalue weighted by molar-refractivity contribution is 5.79. The van der Waals surface area contributed by atoms with E-state index in [1.807, 2.05) is 42.5 Å². The molecule has 0 spiro atoms. The summed E-state index contributed by atoms with van der Waals surface area (Å²) in [4.78, 5) is 12.7. The number of carbonyl (C=O) groups excluding carboxylic acids is 1. The van der Waals surface area contributed by atoms with Gasteiger partial charge >= 0.3 is 5.97 Å². The largest absolute Gasteiger partial charge is 0.426 e. The Labute approximate surface area is 138 Å². The van der Waals surface area contributed by atoms with Crippen molar-refractivity contribution < 1.29 is 9.53 Å². The highest BCUT2D eigenvalue weighted by atomic mass is 16.5. The van der Waals surface area contributed by atoms with Gasteiger partial charge in [0.05, 0.1) is 5.41 Å². The summed E-state index contributed by atoms with van der Waals surface area (Å²) < 4.78 is 5.70. The Morgan fingerprint density at radius 2 is 1.52 bits per heavy atom. The van der Waals surface area contributed by atoms with Crippen LogP contribution in [0.25, 0.3) is 11.1 Å². The second-order valence-corrected chi connectivity index (χ2v) is 6.47. The highest BCUT2D eigenvalue weighted by Gasteiger charge is 2.39. The fraction of sp³-hybridized carbons (Fsp3) is 0.381. The molecule has 0 aliphatic heterocycles. The van der Waals surface area contributed by atoms with E-state index in [-0.39, 0.29) is 11.4 Å². The summed E-state index contributed by atoms with van der Waals surface area (Å²) >= 11 is 0. The van der Waals surface area contributed by atoms with Crippen LogP contribution in [0.3, 0.4) is 0 Å². The van der Waals surface area contributed by atoms with E-state index < -0.39 is 0 Å². The molecule has 2 nitrogen and oxygen atoms in total. The molecule has 3 rings (SSSR count). The minimum absolute atomic E-state index is 0.0489. The molecule has 0 atom stereocenters. The minimum atomic E-state index is -0.268. The average molecular weight is 308 g/mol. The summed E-state index contributed by atoms with van der Waals surface area (Å²) in [6, 6.07) is 18.0. The lowest BCUT2D eigenvalue weighted by Gasteiger charge is -2.33. The molecule has 0 aromatic heterocycles. The lowest BCUT2D eigenvalue weighted by Crippen LogP contribution is -2.36. The van der Waals surface area contributed by atoms with Crippen LogP contribution < -0.4 is 4.74 Å². The molecule has 0 saturated heterocycles. The van der Waals surface area contributed by atoms with Crippen LogP contribution in [0.2, 0.25) is 0 Å². The number of ether oxygens (including phenoxy) is 1. The molecule has 0 unspecified atom stereocenters. The predicted molar refractivity (Wildman–Crippen MR) is 93.3 cm³/mol. The van der Waals surface area contributed by atoms with Crippen molar-refractivity contribution in [2.24, 2.45) is 5.41 Å². The smallest absolute Gasteiger partial charge is 0.317 e. The monoisotopic (exact) mass is 308 g/mol. The van der Waals surface area contributed by atoms with Crippen molar-refractivity contribution in [3.63, 3.8) is 0 Å². The van der Waals surface area contributed by atoms with Crippen LogP contribution >= 0.6 is 0 Å². The highest BCUT2D eigenvalue weighted by Crippen LogP contribution is 2.40. The first-order chi connectivity index (χ1) is 11.2. The van der Waals surface area contributed by atoms with Gasteiger partial charge < -0.3 is 4.74 Å². The van der Waals surface area contributed by atoms with Crippen molar-refractivity contribution in [2.75, 3.05) is 0 Å². The first-order valence-electron chi connectivity index (χ1n) is 8.61. The second kappa shape index (κ2) is 6.99. The van der Waals surface area contributed by atoms with E-state index in [0.717, 1.165) is 37.7 Å². The molecule has 1 fully saturated rings. The van der Waals surface area contributed by atoms with E-state index in [2.05, 4.69) is 19.1 Å². The summed E-state index contributed by atoms with van der Waals surface area (Å²) in [6.45, 7) is 2.10. The SMILES string of the molecule is CCC1(C(=O)Oc2ccc(-c3ccccc3)cc2)CCCCC1. The van der Waals surface area contributed by atoms with Crippen molar-refractivity contribution >= 4 is 5.97 Å². The summed E-state index contributed by atoms with van der Waals surface area (Å²) in [5.74, 6) is 0.597. The number of hydrogen-bond acceptors (Lipinski definition) is 2. The van der Waals surface area contributed by atoms with Crippen LogP contribution in [-0.4, -0.2) is 5.97 Å². The molecular formula is C21H24O2. The van der Waals surface area contributed by atoms with Gasteiger partial charge in [0, 0.05) is 0 Å². The number of esters is 1. The van der Waals surface area contributed by atoms with Gasteiger partial charge in [-0.25, -0.2) is 0 Å². The van der Waals surface area contributed by atoms with Crippen molar-refractivity contribution in [1.82, 2.24) is 0 Å². The van der Waals surface area contributed by atoms with E-state index in [1.54, 1.807) is 0 Å². The summed E-state index contributed by atoms with van der Waals surface area (Å²) in [5, 5.41) is 0. The Balaban J connectivity index is 1.72. The van der Waals surface area contributed by atoms with Gasteiger partial charge in [0.25, 0.3) is 0 Å². The lowest BCUT2D eigenvalue weighted by molar-refractivity contribution is -0.148. The molecule has 1 aliphatic carbocycles. The normalized spacial score (nSPS) is 16.7. The van der Waals surface area contributed by atoms with E-state index >= 15 is 0 Å². The first-order valence-corrected chi connectivity index (χ1v) is 8.61. The number of carbonyl (C=O) groups is 1. The molecule has 1 aliphatic rings.